The first-order valence-corrected chi connectivity index (χ1v) is 6.56. The van der Waals surface area contributed by atoms with Crippen LogP contribution in [0.3, 0.4) is 0 Å². The number of carbonyl (C=O) groups is 1. The van der Waals surface area contributed by atoms with Crippen LogP contribution in [0.15, 0.2) is 24.3 Å². The van der Waals surface area contributed by atoms with Crippen molar-refractivity contribution >= 4 is 5.97 Å². The van der Waals surface area contributed by atoms with E-state index in [0.717, 1.165) is 32.4 Å². The van der Waals surface area contributed by atoms with Crippen LogP contribution in [0.4, 0.5) is 0 Å². The molecule has 18 heavy (non-hydrogen) atoms. The Hall–Kier alpha value is -1.35. The predicted molar refractivity (Wildman–Crippen MR) is 71.5 cm³/mol. The van der Waals surface area contributed by atoms with Crippen molar-refractivity contribution in [2.75, 3.05) is 6.54 Å². The molecule has 0 spiro atoms. The van der Waals surface area contributed by atoms with Gasteiger partial charge < -0.3 is 5.11 Å². The summed E-state index contributed by atoms with van der Waals surface area (Å²) in [5, 5.41) is 9.45. The van der Waals surface area contributed by atoms with Crippen LogP contribution in [0.1, 0.15) is 37.3 Å². The lowest BCUT2D eigenvalue weighted by Crippen LogP contribution is -2.54. The highest BCUT2D eigenvalue weighted by Gasteiger charge is 2.40. The van der Waals surface area contributed by atoms with Gasteiger partial charge in [0, 0.05) is 6.54 Å². The summed E-state index contributed by atoms with van der Waals surface area (Å²) in [6.07, 6.45) is 2.84. The number of carboxylic acids is 1. The van der Waals surface area contributed by atoms with Crippen LogP contribution in [0.5, 0.6) is 0 Å². The normalized spacial score (nSPS) is 25.0. The molecule has 1 fully saturated rings. The van der Waals surface area contributed by atoms with Crippen LogP contribution in [0, 0.1) is 6.92 Å². The summed E-state index contributed by atoms with van der Waals surface area (Å²) in [5.41, 5.74) is 1.72. The maximum atomic E-state index is 11.5. The van der Waals surface area contributed by atoms with Crippen molar-refractivity contribution in [1.29, 1.82) is 0 Å². The van der Waals surface area contributed by atoms with Gasteiger partial charge in [-0.2, -0.15) is 0 Å². The Morgan fingerprint density at radius 3 is 2.61 bits per heavy atom. The molecule has 0 saturated carbocycles. The number of likely N-dealkylation sites (tertiary alicyclic amines) is 1. The Morgan fingerprint density at radius 1 is 1.33 bits per heavy atom. The van der Waals surface area contributed by atoms with Crippen molar-refractivity contribution in [2.45, 2.75) is 45.2 Å². The molecule has 1 N–H and O–H groups in total. The quantitative estimate of drug-likeness (QED) is 0.893. The highest BCUT2D eigenvalue weighted by molar-refractivity contribution is 5.78. The largest absolute Gasteiger partial charge is 0.480 e. The highest BCUT2D eigenvalue weighted by atomic mass is 16.4. The molecule has 0 radical (unpaired) electrons. The third-order valence-electron chi connectivity index (χ3n) is 3.99. The van der Waals surface area contributed by atoms with E-state index >= 15 is 0 Å². The topological polar surface area (TPSA) is 40.5 Å². The van der Waals surface area contributed by atoms with Gasteiger partial charge in [0.05, 0.1) is 0 Å². The van der Waals surface area contributed by atoms with E-state index in [2.05, 4.69) is 36.1 Å². The molecule has 3 heteroatoms. The molecule has 0 aromatic heterocycles. The summed E-state index contributed by atoms with van der Waals surface area (Å²) in [5.74, 6) is -0.700. The molecule has 1 atom stereocenters. The molecule has 1 heterocycles. The minimum absolute atomic E-state index is 0.700. The number of benzene rings is 1. The lowest BCUT2D eigenvalue weighted by Gasteiger charge is -2.41. The minimum Gasteiger partial charge on any atom is -0.480 e. The molecular weight excluding hydrogens is 226 g/mol. The number of nitrogens with zero attached hydrogens (tertiary/aromatic N) is 1. The molecule has 1 aliphatic rings. The van der Waals surface area contributed by atoms with E-state index in [1.807, 2.05) is 6.92 Å². The fourth-order valence-corrected chi connectivity index (χ4v) is 2.59. The Balaban J connectivity index is 2.15. The molecule has 0 bridgehead atoms. The molecular formula is C15H21NO2. The van der Waals surface area contributed by atoms with Gasteiger partial charge in [0.1, 0.15) is 5.54 Å². The second-order valence-electron chi connectivity index (χ2n) is 5.44. The monoisotopic (exact) mass is 247 g/mol. The summed E-state index contributed by atoms with van der Waals surface area (Å²) < 4.78 is 0. The van der Waals surface area contributed by atoms with E-state index in [1.165, 1.54) is 11.1 Å². The number of hydrogen-bond acceptors (Lipinski definition) is 2. The van der Waals surface area contributed by atoms with E-state index in [9.17, 15) is 9.90 Å². The fraction of sp³-hybridized carbons (Fsp3) is 0.533. The smallest absolute Gasteiger partial charge is 0.323 e. The van der Waals surface area contributed by atoms with Gasteiger partial charge in [0.25, 0.3) is 0 Å². The first kappa shape index (κ1) is 13.1. The number of aryl methyl sites for hydroxylation is 1. The molecule has 1 aromatic rings. The molecule has 1 saturated heterocycles. The van der Waals surface area contributed by atoms with Crippen molar-refractivity contribution in [3.63, 3.8) is 0 Å². The standard InChI is InChI=1S/C15H21NO2/c1-12-5-7-13(8-6-12)11-16-10-4-3-9-15(16,2)14(17)18/h5-8H,3-4,9-11H2,1-2H3,(H,17,18). The third kappa shape index (κ3) is 2.56. The molecule has 1 aromatic carbocycles. The number of piperidine rings is 1. The second kappa shape index (κ2) is 5.11. The molecule has 1 aliphatic heterocycles. The minimum atomic E-state index is -0.705. The zero-order valence-corrected chi connectivity index (χ0v) is 11.1. The molecule has 1 unspecified atom stereocenters. The zero-order chi connectivity index (χ0) is 13.2. The number of carboxylic acid groups (broad SMARTS) is 1. The lowest BCUT2D eigenvalue weighted by atomic mass is 9.88. The van der Waals surface area contributed by atoms with Gasteiger partial charge in [-0.1, -0.05) is 29.8 Å². The summed E-state index contributed by atoms with van der Waals surface area (Å²) in [6.45, 7) is 5.51. The van der Waals surface area contributed by atoms with E-state index in [1.54, 1.807) is 0 Å². The van der Waals surface area contributed by atoms with Gasteiger partial charge in [-0.15, -0.1) is 0 Å². The number of hydrogen-bond donors (Lipinski definition) is 1. The van der Waals surface area contributed by atoms with Crippen LogP contribution in [0.25, 0.3) is 0 Å². The molecule has 2 rings (SSSR count). The molecule has 0 aliphatic carbocycles. The van der Waals surface area contributed by atoms with Gasteiger partial charge in [0.15, 0.2) is 0 Å². The molecule has 0 amide bonds. The maximum absolute atomic E-state index is 11.5. The number of rotatable bonds is 3. The van der Waals surface area contributed by atoms with Crippen molar-refractivity contribution in [1.82, 2.24) is 4.90 Å². The van der Waals surface area contributed by atoms with Gasteiger partial charge in [-0.25, -0.2) is 0 Å². The van der Waals surface area contributed by atoms with Crippen molar-refractivity contribution < 1.29 is 9.90 Å². The first-order valence-electron chi connectivity index (χ1n) is 6.56. The van der Waals surface area contributed by atoms with Crippen molar-refractivity contribution in [2.24, 2.45) is 0 Å². The van der Waals surface area contributed by atoms with Gasteiger partial charge in [-0.3, -0.25) is 9.69 Å². The van der Waals surface area contributed by atoms with E-state index in [-0.39, 0.29) is 0 Å². The highest BCUT2D eigenvalue weighted by Crippen LogP contribution is 2.29. The molecule has 98 valence electrons. The molecule has 3 nitrogen and oxygen atoms in total. The first-order chi connectivity index (χ1) is 8.52. The average Bonchev–Trinajstić information content (AvgIpc) is 2.35. The summed E-state index contributed by atoms with van der Waals surface area (Å²) in [4.78, 5) is 13.6. The Bertz CT molecular complexity index is 427. The van der Waals surface area contributed by atoms with Crippen LogP contribution >= 0.6 is 0 Å². The number of aliphatic carboxylic acids is 1. The summed E-state index contributed by atoms with van der Waals surface area (Å²) in [6, 6.07) is 8.34. The zero-order valence-electron chi connectivity index (χ0n) is 11.1. The maximum Gasteiger partial charge on any atom is 0.323 e. The van der Waals surface area contributed by atoms with E-state index in [4.69, 9.17) is 0 Å². The van der Waals surface area contributed by atoms with Gasteiger partial charge in [0.2, 0.25) is 0 Å². The fourth-order valence-electron chi connectivity index (χ4n) is 2.59. The Morgan fingerprint density at radius 2 is 2.00 bits per heavy atom. The van der Waals surface area contributed by atoms with Crippen molar-refractivity contribution in [3.05, 3.63) is 35.4 Å². The SMILES string of the molecule is Cc1ccc(CN2CCCCC2(C)C(=O)O)cc1. The average molecular weight is 247 g/mol. The lowest BCUT2D eigenvalue weighted by molar-refractivity contribution is -0.153. The summed E-state index contributed by atoms with van der Waals surface area (Å²) >= 11 is 0. The van der Waals surface area contributed by atoms with Crippen LogP contribution in [-0.4, -0.2) is 28.1 Å². The van der Waals surface area contributed by atoms with Crippen LogP contribution < -0.4 is 0 Å². The van der Waals surface area contributed by atoms with Gasteiger partial charge >= 0.3 is 5.97 Å². The predicted octanol–water partition coefficient (Wildman–Crippen LogP) is 2.82. The van der Waals surface area contributed by atoms with Crippen molar-refractivity contribution in [3.8, 4) is 0 Å². The Kier molecular flexibility index (Phi) is 3.71. The van der Waals surface area contributed by atoms with Gasteiger partial charge in [-0.05, 0) is 45.2 Å². The third-order valence-corrected chi connectivity index (χ3v) is 3.99. The van der Waals surface area contributed by atoms with E-state index < -0.39 is 11.5 Å². The summed E-state index contributed by atoms with van der Waals surface area (Å²) in [7, 11) is 0. The second-order valence-corrected chi connectivity index (χ2v) is 5.44. The van der Waals surface area contributed by atoms with Crippen LogP contribution in [0.2, 0.25) is 0 Å². The Labute approximate surface area is 108 Å². The van der Waals surface area contributed by atoms with Crippen LogP contribution in [-0.2, 0) is 11.3 Å². The van der Waals surface area contributed by atoms with E-state index in [0.29, 0.717) is 0 Å².